The average Bonchev–Trinajstić information content (AvgIpc) is 3.15. The van der Waals surface area contributed by atoms with E-state index in [1.165, 1.54) is 11.3 Å². The summed E-state index contributed by atoms with van der Waals surface area (Å²) in [6, 6.07) is 0.193. The van der Waals surface area contributed by atoms with Crippen molar-refractivity contribution in [3.05, 3.63) is 10.6 Å². The normalized spacial score (nSPS) is 20.4. The molecule has 3 rings (SSSR count). The Labute approximate surface area is 158 Å². The van der Waals surface area contributed by atoms with Crippen molar-refractivity contribution in [3.8, 4) is 5.19 Å². The number of thiazole rings is 1. The van der Waals surface area contributed by atoms with Gasteiger partial charge in [0.15, 0.2) is 0 Å². The number of aromatic nitrogens is 1. The highest BCUT2D eigenvalue weighted by molar-refractivity contribution is 7.15. The zero-order chi connectivity index (χ0) is 18.9. The van der Waals surface area contributed by atoms with Crippen LogP contribution >= 0.6 is 11.3 Å². The molecule has 2 aliphatic heterocycles. The van der Waals surface area contributed by atoms with Gasteiger partial charge in [-0.2, -0.15) is 0 Å². The largest absolute Gasteiger partial charge is 0.473 e. The number of carbonyl (C=O) groups excluding carboxylic acids is 2. The lowest BCUT2D eigenvalue weighted by atomic mass is 9.91. The van der Waals surface area contributed by atoms with E-state index in [0.717, 1.165) is 12.8 Å². The van der Waals surface area contributed by atoms with Crippen LogP contribution in [0.15, 0.2) is 0 Å². The molecular weight excluding hydrogens is 354 g/mol. The van der Waals surface area contributed by atoms with E-state index in [2.05, 4.69) is 18.8 Å². The molecule has 2 amide bonds. The Kier molecular flexibility index (Phi) is 5.41. The van der Waals surface area contributed by atoms with Crippen molar-refractivity contribution in [2.24, 2.45) is 0 Å². The minimum Gasteiger partial charge on any atom is -0.473 e. The molecule has 0 aromatic carbocycles. The zero-order valence-electron chi connectivity index (χ0n) is 15.9. The summed E-state index contributed by atoms with van der Waals surface area (Å²) in [7, 11) is 1.55. The molecule has 8 heteroatoms. The van der Waals surface area contributed by atoms with Gasteiger partial charge in [0.05, 0.1) is 19.3 Å². The highest BCUT2D eigenvalue weighted by Crippen LogP contribution is 2.36. The number of hydrogen-bond donors (Lipinski definition) is 0. The fraction of sp³-hybridized carbons (Fsp3) is 0.722. The van der Waals surface area contributed by atoms with Crippen LogP contribution in [0, 0.1) is 6.92 Å². The Morgan fingerprint density at radius 2 is 2.12 bits per heavy atom. The van der Waals surface area contributed by atoms with Crippen LogP contribution in [-0.2, 0) is 4.74 Å². The molecule has 1 atom stereocenters. The first-order valence-corrected chi connectivity index (χ1v) is 10.0. The molecule has 1 aromatic rings. The van der Waals surface area contributed by atoms with Gasteiger partial charge in [-0.3, -0.25) is 4.79 Å². The first kappa shape index (κ1) is 18.9. The van der Waals surface area contributed by atoms with Gasteiger partial charge in [-0.05, 0) is 20.3 Å². The van der Waals surface area contributed by atoms with E-state index < -0.39 is 5.60 Å². The minimum absolute atomic E-state index is 0.0151. The van der Waals surface area contributed by atoms with Crippen LogP contribution in [0.25, 0.3) is 0 Å². The van der Waals surface area contributed by atoms with Crippen molar-refractivity contribution >= 4 is 23.3 Å². The van der Waals surface area contributed by atoms with E-state index in [-0.39, 0.29) is 18.0 Å². The highest BCUT2D eigenvalue weighted by atomic mass is 32.1. The molecule has 0 saturated carbocycles. The number of piperidine rings is 1. The Bertz CT molecular complexity index is 682. The lowest BCUT2D eigenvalue weighted by Gasteiger charge is -2.37. The van der Waals surface area contributed by atoms with Gasteiger partial charge in [-0.1, -0.05) is 24.7 Å². The maximum Gasteiger partial charge on any atom is 0.410 e. The molecule has 3 heterocycles. The van der Waals surface area contributed by atoms with Crippen LogP contribution in [0.3, 0.4) is 0 Å². The number of nitrogens with zero attached hydrogens (tertiary/aromatic N) is 3. The van der Waals surface area contributed by atoms with Gasteiger partial charge in [0.2, 0.25) is 0 Å². The fourth-order valence-corrected chi connectivity index (χ4v) is 4.59. The lowest BCUT2D eigenvalue weighted by Crippen LogP contribution is -2.49. The van der Waals surface area contributed by atoms with Crippen molar-refractivity contribution in [2.75, 3.05) is 26.7 Å². The summed E-state index contributed by atoms with van der Waals surface area (Å²) in [4.78, 5) is 33.6. The number of ether oxygens (including phenoxy) is 2. The second-order valence-corrected chi connectivity index (χ2v) is 8.17. The summed E-state index contributed by atoms with van der Waals surface area (Å²) in [5, 5.41) is 0.504. The monoisotopic (exact) mass is 381 g/mol. The molecule has 0 aliphatic carbocycles. The van der Waals surface area contributed by atoms with Gasteiger partial charge >= 0.3 is 6.09 Å². The first-order chi connectivity index (χ1) is 12.4. The molecule has 144 valence electrons. The van der Waals surface area contributed by atoms with Crippen LogP contribution < -0.4 is 4.74 Å². The van der Waals surface area contributed by atoms with Crippen molar-refractivity contribution in [2.45, 2.75) is 58.1 Å². The van der Waals surface area contributed by atoms with E-state index in [1.54, 1.807) is 7.11 Å². The first-order valence-electron chi connectivity index (χ1n) is 9.19. The Morgan fingerprint density at radius 1 is 1.42 bits per heavy atom. The van der Waals surface area contributed by atoms with E-state index in [9.17, 15) is 9.59 Å². The average molecular weight is 381 g/mol. The Balaban J connectivity index is 1.63. The Morgan fingerprint density at radius 3 is 2.69 bits per heavy atom. The van der Waals surface area contributed by atoms with Gasteiger partial charge in [-0.25, -0.2) is 9.78 Å². The highest BCUT2D eigenvalue weighted by Gasteiger charge is 2.48. The molecule has 1 spiro atoms. The number of carbonyl (C=O) groups is 2. The van der Waals surface area contributed by atoms with Crippen LogP contribution in [-0.4, -0.2) is 65.2 Å². The molecule has 2 aliphatic rings. The summed E-state index contributed by atoms with van der Waals surface area (Å²) >= 11 is 1.28. The summed E-state index contributed by atoms with van der Waals surface area (Å²) in [6.07, 6.45) is 3.15. The maximum absolute atomic E-state index is 12.8. The molecule has 2 saturated heterocycles. The van der Waals surface area contributed by atoms with Crippen LogP contribution in [0.4, 0.5) is 4.79 Å². The number of methoxy groups -OCH3 is 1. The molecule has 0 N–H and O–H groups in total. The summed E-state index contributed by atoms with van der Waals surface area (Å²) in [6.45, 7) is 7.81. The summed E-state index contributed by atoms with van der Waals surface area (Å²) in [5.41, 5.74) is 0.250. The molecule has 0 bridgehead atoms. The molecule has 1 aromatic heterocycles. The van der Waals surface area contributed by atoms with Crippen molar-refractivity contribution in [3.63, 3.8) is 0 Å². The molecular formula is C18H27N3O4S. The molecule has 0 unspecified atom stereocenters. The van der Waals surface area contributed by atoms with Crippen molar-refractivity contribution in [1.29, 1.82) is 0 Å². The predicted molar refractivity (Wildman–Crippen MR) is 98.8 cm³/mol. The van der Waals surface area contributed by atoms with Crippen LogP contribution in [0.2, 0.25) is 0 Å². The van der Waals surface area contributed by atoms with Gasteiger partial charge in [0.25, 0.3) is 11.1 Å². The number of hydrogen-bond acceptors (Lipinski definition) is 6. The summed E-state index contributed by atoms with van der Waals surface area (Å²) in [5.74, 6) is -0.0151. The number of rotatable bonds is 5. The predicted octanol–water partition coefficient (Wildman–Crippen LogP) is 3.08. The molecule has 7 nitrogen and oxygen atoms in total. The molecule has 0 radical (unpaired) electrons. The quantitative estimate of drug-likeness (QED) is 0.784. The van der Waals surface area contributed by atoms with Crippen molar-refractivity contribution < 1.29 is 19.1 Å². The topological polar surface area (TPSA) is 72.0 Å². The van der Waals surface area contributed by atoms with E-state index in [0.29, 0.717) is 48.2 Å². The number of likely N-dealkylation sites (tertiary alicyclic amines) is 1. The van der Waals surface area contributed by atoms with Gasteiger partial charge in [0.1, 0.15) is 10.5 Å². The SMILES string of the molecule is CCC[C@H](C)N1CC2(CCN(C(=O)c3sc(OC)nc3C)CC2)OC1=O. The second-order valence-electron chi connectivity index (χ2n) is 7.21. The van der Waals surface area contributed by atoms with Gasteiger partial charge < -0.3 is 19.3 Å². The molecule has 26 heavy (non-hydrogen) atoms. The zero-order valence-corrected chi connectivity index (χ0v) is 16.7. The van der Waals surface area contributed by atoms with Crippen LogP contribution in [0.1, 0.15) is 54.9 Å². The Hall–Kier alpha value is -1.83. The molecule has 2 fully saturated rings. The maximum atomic E-state index is 12.8. The number of aryl methyl sites for hydroxylation is 1. The minimum atomic E-state index is -0.448. The van der Waals surface area contributed by atoms with Crippen LogP contribution in [0.5, 0.6) is 5.19 Å². The standard InChI is InChI=1S/C18H27N3O4S/c1-5-6-12(2)21-11-18(25-17(21)23)7-9-20(10-8-18)15(22)14-13(3)19-16(24-4)26-14/h12H,5-11H2,1-4H3/t12-/m0/s1. The van der Waals surface area contributed by atoms with E-state index >= 15 is 0 Å². The second kappa shape index (κ2) is 7.42. The van der Waals surface area contributed by atoms with Crippen molar-refractivity contribution in [1.82, 2.24) is 14.8 Å². The van der Waals surface area contributed by atoms with E-state index in [4.69, 9.17) is 9.47 Å². The van der Waals surface area contributed by atoms with Gasteiger partial charge in [0, 0.05) is 32.0 Å². The fourth-order valence-electron chi connectivity index (χ4n) is 3.74. The third-order valence-electron chi connectivity index (χ3n) is 5.34. The smallest absolute Gasteiger partial charge is 0.410 e. The summed E-state index contributed by atoms with van der Waals surface area (Å²) < 4.78 is 10.9. The third-order valence-corrected chi connectivity index (χ3v) is 6.45. The van der Waals surface area contributed by atoms with Gasteiger partial charge in [-0.15, -0.1) is 0 Å². The number of amides is 2. The van der Waals surface area contributed by atoms with E-state index in [1.807, 2.05) is 16.7 Å². The third kappa shape index (κ3) is 3.51. The lowest BCUT2D eigenvalue weighted by molar-refractivity contribution is 0.00319.